The maximum absolute atomic E-state index is 11.5. The summed E-state index contributed by atoms with van der Waals surface area (Å²) in [5.41, 5.74) is 1.85. The van der Waals surface area contributed by atoms with Crippen molar-refractivity contribution in [2.45, 2.75) is 32.8 Å². The number of rotatable bonds is 5. The van der Waals surface area contributed by atoms with Gasteiger partial charge in [-0.2, -0.15) is 0 Å². The second-order valence-corrected chi connectivity index (χ2v) is 4.23. The van der Waals surface area contributed by atoms with Gasteiger partial charge < -0.3 is 14.6 Å². The Morgan fingerprint density at radius 3 is 2.67 bits per heavy atom. The molecule has 0 bridgehead atoms. The van der Waals surface area contributed by atoms with Crippen molar-refractivity contribution in [3.05, 3.63) is 29.3 Å². The quantitative estimate of drug-likeness (QED) is 0.815. The normalized spacial score (nSPS) is 13.8. The molecule has 0 aliphatic carbocycles. The number of hydrogen-bond acceptors (Lipinski definition) is 4. The Morgan fingerprint density at radius 1 is 1.44 bits per heavy atom. The van der Waals surface area contributed by atoms with Crippen LogP contribution in [0.1, 0.15) is 30.9 Å². The molecule has 18 heavy (non-hydrogen) atoms. The molecule has 0 aliphatic heterocycles. The van der Waals surface area contributed by atoms with Gasteiger partial charge in [0.05, 0.1) is 13.7 Å². The van der Waals surface area contributed by atoms with Crippen LogP contribution in [-0.2, 0) is 9.53 Å². The van der Waals surface area contributed by atoms with Crippen molar-refractivity contribution < 1.29 is 19.4 Å². The van der Waals surface area contributed by atoms with Gasteiger partial charge in [0.15, 0.2) is 6.10 Å². The number of aryl methyl sites for hydroxylation is 1. The SMILES string of the molecule is CCOC(=O)C(O)C(C)c1cc(C)ccc1OC. The second kappa shape index (κ2) is 6.40. The Labute approximate surface area is 108 Å². The van der Waals surface area contributed by atoms with Gasteiger partial charge in [-0.3, -0.25) is 0 Å². The first-order valence-electron chi connectivity index (χ1n) is 6.00. The minimum Gasteiger partial charge on any atom is -0.496 e. The summed E-state index contributed by atoms with van der Waals surface area (Å²) in [5.74, 6) is -0.316. The molecule has 0 saturated carbocycles. The highest BCUT2D eigenvalue weighted by atomic mass is 16.5. The van der Waals surface area contributed by atoms with Gasteiger partial charge in [0.2, 0.25) is 0 Å². The highest BCUT2D eigenvalue weighted by Crippen LogP contribution is 2.30. The van der Waals surface area contributed by atoms with Gasteiger partial charge >= 0.3 is 5.97 Å². The van der Waals surface area contributed by atoms with Crippen LogP contribution in [0.15, 0.2) is 18.2 Å². The lowest BCUT2D eigenvalue weighted by molar-refractivity contribution is -0.154. The molecule has 0 saturated heterocycles. The summed E-state index contributed by atoms with van der Waals surface area (Å²) in [6.07, 6.45) is -1.18. The number of aliphatic hydroxyl groups is 1. The van der Waals surface area contributed by atoms with Crippen LogP contribution < -0.4 is 4.74 Å². The summed E-state index contributed by atoms with van der Waals surface area (Å²) in [4.78, 5) is 11.5. The van der Waals surface area contributed by atoms with E-state index in [9.17, 15) is 9.90 Å². The van der Waals surface area contributed by atoms with Crippen LogP contribution in [0.2, 0.25) is 0 Å². The number of carbonyl (C=O) groups excluding carboxylic acids is 1. The molecule has 4 heteroatoms. The molecule has 1 rings (SSSR count). The lowest BCUT2D eigenvalue weighted by atomic mass is 9.93. The van der Waals surface area contributed by atoms with Crippen molar-refractivity contribution in [3.63, 3.8) is 0 Å². The number of esters is 1. The second-order valence-electron chi connectivity index (χ2n) is 4.23. The number of ether oxygens (including phenoxy) is 2. The molecule has 0 heterocycles. The molecule has 2 unspecified atom stereocenters. The van der Waals surface area contributed by atoms with Crippen molar-refractivity contribution in [1.29, 1.82) is 0 Å². The Morgan fingerprint density at radius 2 is 2.11 bits per heavy atom. The van der Waals surface area contributed by atoms with Crippen LogP contribution >= 0.6 is 0 Å². The molecule has 0 spiro atoms. The van der Waals surface area contributed by atoms with Crippen LogP contribution in [0.4, 0.5) is 0 Å². The lowest BCUT2D eigenvalue weighted by Crippen LogP contribution is -2.28. The maximum atomic E-state index is 11.5. The largest absolute Gasteiger partial charge is 0.496 e. The third-order valence-corrected chi connectivity index (χ3v) is 2.88. The summed E-state index contributed by atoms with van der Waals surface area (Å²) in [7, 11) is 1.57. The fourth-order valence-electron chi connectivity index (χ4n) is 1.81. The molecule has 100 valence electrons. The molecular weight excluding hydrogens is 232 g/mol. The first-order chi connectivity index (χ1) is 8.51. The Kier molecular flexibility index (Phi) is 5.16. The molecule has 0 aromatic heterocycles. The van der Waals surface area contributed by atoms with Gasteiger partial charge in [-0.1, -0.05) is 24.6 Å². The number of hydrogen-bond donors (Lipinski definition) is 1. The maximum Gasteiger partial charge on any atom is 0.335 e. The third-order valence-electron chi connectivity index (χ3n) is 2.88. The van der Waals surface area contributed by atoms with Gasteiger partial charge in [0.25, 0.3) is 0 Å². The van der Waals surface area contributed by atoms with Crippen LogP contribution in [0.5, 0.6) is 5.75 Å². The average Bonchev–Trinajstić information content (AvgIpc) is 2.37. The number of benzene rings is 1. The molecule has 0 aliphatic rings. The average molecular weight is 252 g/mol. The highest BCUT2D eigenvalue weighted by molar-refractivity contribution is 5.76. The van der Waals surface area contributed by atoms with Crippen molar-refractivity contribution in [1.82, 2.24) is 0 Å². The topological polar surface area (TPSA) is 55.8 Å². The van der Waals surface area contributed by atoms with E-state index in [1.54, 1.807) is 21.0 Å². The van der Waals surface area contributed by atoms with Gasteiger partial charge in [0.1, 0.15) is 5.75 Å². The molecular formula is C14H20O4. The minimum absolute atomic E-state index is 0.258. The fourth-order valence-corrected chi connectivity index (χ4v) is 1.81. The summed E-state index contributed by atoms with van der Waals surface area (Å²) in [6, 6.07) is 5.66. The molecule has 1 aromatic rings. The zero-order chi connectivity index (χ0) is 13.7. The van der Waals surface area contributed by atoms with Crippen LogP contribution in [0, 0.1) is 6.92 Å². The van der Waals surface area contributed by atoms with Crippen LogP contribution in [-0.4, -0.2) is 30.9 Å². The van der Waals surface area contributed by atoms with Crippen molar-refractivity contribution >= 4 is 5.97 Å². The molecule has 2 atom stereocenters. The van der Waals surface area contributed by atoms with E-state index < -0.39 is 12.1 Å². The number of methoxy groups -OCH3 is 1. The smallest absolute Gasteiger partial charge is 0.335 e. The summed E-state index contributed by atoms with van der Waals surface area (Å²) >= 11 is 0. The molecule has 0 fully saturated rings. The van der Waals surface area contributed by atoms with Gasteiger partial charge in [-0.25, -0.2) is 4.79 Å². The Bertz CT molecular complexity index is 414. The first-order valence-corrected chi connectivity index (χ1v) is 6.00. The van der Waals surface area contributed by atoms with E-state index in [1.807, 2.05) is 25.1 Å². The van der Waals surface area contributed by atoms with Crippen LogP contribution in [0.25, 0.3) is 0 Å². The van der Waals surface area contributed by atoms with Crippen molar-refractivity contribution in [3.8, 4) is 5.75 Å². The molecule has 0 radical (unpaired) electrons. The minimum atomic E-state index is -1.18. The molecule has 4 nitrogen and oxygen atoms in total. The van der Waals surface area contributed by atoms with E-state index in [0.29, 0.717) is 5.75 Å². The Hall–Kier alpha value is -1.55. The van der Waals surface area contributed by atoms with Crippen molar-refractivity contribution in [2.75, 3.05) is 13.7 Å². The fraction of sp³-hybridized carbons (Fsp3) is 0.500. The van der Waals surface area contributed by atoms with Crippen LogP contribution in [0.3, 0.4) is 0 Å². The standard InChI is InChI=1S/C14H20O4/c1-5-18-14(16)13(15)10(3)11-8-9(2)6-7-12(11)17-4/h6-8,10,13,15H,5H2,1-4H3. The Balaban J connectivity index is 2.98. The zero-order valence-electron chi connectivity index (χ0n) is 11.3. The summed E-state index contributed by atoms with van der Waals surface area (Å²) in [5, 5.41) is 9.95. The highest BCUT2D eigenvalue weighted by Gasteiger charge is 2.27. The molecule has 0 amide bonds. The number of carbonyl (C=O) groups is 1. The predicted molar refractivity (Wildman–Crippen MR) is 68.8 cm³/mol. The molecule has 1 aromatic carbocycles. The van der Waals surface area contributed by atoms with E-state index in [2.05, 4.69) is 0 Å². The van der Waals surface area contributed by atoms with E-state index in [1.165, 1.54) is 0 Å². The predicted octanol–water partition coefficient (Wildman–Crippen LogP) is 2.03. The van der Waals surface area contributed by atoms with Gasteiger partial charge in [-0.15, -0.1) is 0 Å². The lowest BCUT2D eigenvalue weighted by Gasteiger charge is -2.20. The van der Waals surface area contributed by atoms with Gasteiger partial charge in [-0.05, 0) is 19.9 Å². The zero-order valence-corrected chi connectivity index (χ0v) is 11.3. The number of aliphatic hydroxyl groups excluding tert-OH is 1. The monoisotopic (exact) mass is 252 g/mol. The van der Waals surface area contributed by atoms with E-state index >= 15 is 0 Å². The summed E-state index contributed by atoms with van der Waals surface area (Å²) in [6.45, 7) is 5.70. The van der Waals surface area contributed by atoms with E-state index in [4.69, 9.17) is 9.47 Å². The van der Waals surface area contributed by atoms with Gasteiger partial charge in [0, 0.05) is 11.5 Å². The first kappa shape index (κ1) is 14.5. The van der Waals surface area contributed by atoms with E-state index in [0.717, 1.165) is 11.1 Å². The summed E-state index contributed by atoms with van der Waals surface area (Å²) < 4.78 is 10.1. The van der Waals surface area contributed by atoms with Crippen molar-refractivity contribution in [2.24, 2.45) is 0 Å². The molecule has 1 N–H and O–H groups in total. The van der Waals surface area contributed by atoms with E-state index in [-0.39, 0.29) is 12.5 Å². The third kappa shape index (κ3) is 3.23.